The van der Waals surface area contributed by atoms with Crippen molar-refractivity contribution >= 4 is 17.0 Å². The molecule has 0 saturated carbocycles. The Bertz CT molecular complexity index is 1300. The average Bonchev–Trinajstić information content (AvgIpc) is 3.24. The summed E-state index contributed by atoms with van der Waals surface area (Å²) in [7, 11) is 1.76. The molecule has 0 radical (unpaired) electrons. The second-order valence-corrected chi connectivity index (χ2v) is 10.5. The van der Waals surface area contributed by atoms with E-state index >= 15 is 0 Å². The largest absolute Gasteiger partial charge is 0.461 e. The van der Waals surface area contributed by atoms with Gasteiger partial charge in [-0.05, 0) is 69.7 Å². The number of imidazole rings is 1. The Hall–Kier alpha value is -3.01. The summed E-state index contributed by atoms with van der Waals surface area (Å²) in [6, 6.07) is 7.18. The van der Waals surface area contributed by atoms with Crippen LogP contribution in [0.4, 0.5) is 0 Å². The highest BCUT2D eigenvalue weighted by atomic mass is 16.5. The molecule has 3 heterocycles. The molecule has 9 heteroatoms. The minimum atomic E-state index is -0.895. The summed E-state index contributed by atoms with van der Waals surface area (Å²) in [5.74, 6) is 0.857. The number of fused-ring (bicyclic) bond motifs is 1. The molecule has 3 atom stereocenters. The number of hydrogen-bond donors (Lipinski definition) is 2. The van der Waals surface area contributed by atoms with E-state index in [1.54, 1.807) is 18.5 Å². The van der Waals surface area contributed by atoms with Crippen molar-refractivity contribution in [3.05, 3.63) is 51.9 Å². The van der Waals surface area contributed by atoms with Crippen LogP contribution in [0.2, 0.25) is 0 Å². The lowest BCUT2D eigenvalue weighted by molar-refractivity contribution is -0.153. The Morgan fingerprint density at radius 3 is 2.66 bits per heavy atom. The number of carbonyl (C=O) groups excluding carboxylic acids is 1. The van der Waals surface area contributed by atoms with E-state index < -0.39 is 18.1 Å². The van der Waals surface area contributed by atoms with Crippen LogP contribution in [-0.4, -0.2) is 56.7 Å². The zero-order valence-corrected chi connectivity index (χ0v) is 23.1. The van der Waals surface area contributed by atoms with Crippen molar-refractivity contribution < 1.29 is 19.4 Å². The lowest BCUT2D eigenvalue weighted by Crippen LogP contribution is -2.46. The van der Waals surface area contributed by atoms with Crippen molar-refractivity contribution in [1.29, 1.82) is 0 Å². The Kier molecular flexibility index (Phi) is 9.02. The zero-order valence-electron chi connectivity index (χ0n) is 23.1. The van der Waals surface area contributed by atoms with E-state index in [0.717, 1.165) is 60.6 Å². The third-order valence-electron chi connectivity index (χ3n) is 7.37. The number of nitrogens with one attached hydrogen (secondary N) is 1. The number of nitrogens with zero attached hydrogens (tertiary/aromatic N) is 3. The Morgan fingerprint density at radius 1 is 1.26 bits per heavy atom. The predicted molar refractivity (Wildman–Crippen MR) is 147 cm³/mol. The summed E-state index contributed by atoms with van der Waals surface area (Å²) in [5.41, 5.74) is 4.35. The number of esters is 1. The maximum Gasteiger partial charge on any atom is 0.326 e. The molecule has 0 spiro atoms. The minimum absolute atomic E-state index is 0.0197. The fourth-order valence-corrected chi connectivity index (χ4v) is 4.91. The third-order valence-corrected chi connectivity index (χ3v) is 7.37. The summed E-state index contributed by atoms with van der Waals surface area (Å²) in [6.07, 6.45) is 3.45. The molecule has 1 fully saturated rings. The molecule has 38 heavy (non-hydrogen) atoms. The molecule has 4 rings (SSSR count). The van der Waals surface area contributed by atoms with E-state index in [9.17, 15) is 14.7 Å². The van der Waals surface area contributed by atoms with Crippen LogP contribution in [0.1, 0.15) is 51.2 Å². The molecule has 206 valence electrons. The first-order valence-electron chi connectivity index (χ1n) is 13.5. The lowest BCUT2D eigenvalue weighted by Gasteiger charge is -2.23. The van der Waals surface area contributed by atoms with Crippen molar-refractivity contribution in [1.82, 2.24) is 19.4 Å². The molecule has 1 aliphatic heterocycles. The van der Waals surface area contributed by atoms with Gasteiger partial charge in [-0.15, -0.1) is 0 Å². The molecular weight excluding hydrogens is 484 g/mol. The third kappa shape index (κ3) is 6.34. The van der Waals surface area contributed by atoms with Gasteiger partial charge in [-0.2, -0.15) is 0 Å². The zero-order chi connectivity index (χ0) is 27.4. The molecule has 0 aliphatic carbocycles. The average molecular weight is 525 g/mol. The van der Waals surface area contributed by atoms with Crippen LogP contribution in [0.5, 0.6) is 0 Å². The maximum atomic E-state index is 12.6. The molecule has 3 aromatic rings. The van der Waals surface area contributed by atoms with Crippen molar-refractivity contribution in [3.8, 4) is 11.4 Å². The number of rotatable bonds is 10. The standard InChI is InChI=1S/C29H40N4O5/c1-6-19(3)38-29(36)26(20(4)34)30-15-22-7-8-25-24(14-22)31-27(23-13-18(2)28(35)32(5)17-23)33(25)16-21-9-11-37-12-10-21/h7-8,13-14,17,19-21,26,30,34H,6,9-12,15-16H2,1-5H3/t19-,20+,26-/m0/s1. The number of ether oxygens (including phenoxy) is 2. The minimum Gasteiger partial charge on any atom is -0.461 e. The molecule has 0 bridgehead atoms. The van der Waals surface area contributed by atoms with Gasteiger partial charge in [0, 0.05) is 50.7 Å². The van der Waals surface area contributed by atoms with Gasteiger partial charge in [0.05, 0.1) is 23.2 Å². The smallest absolute Gasteiger partial charge is 0.326 e. The fraction of sp³-hybridized carbons (Fsp3) is 0.552. The number of pyridine rings is 1. The summed E-state index contributed by atoms with van der Waals surface area (Å²) < 4.78 is 14.9. The van der Waals surface area contributed by atoms with Crippen LogP contribution in [0.3, 0.4) is 0 Å². The quantitative estimate of drug-likeness (QED) is 0.392. The first-order valence-corrected chi connectivity index (χ1v) is 13.5. The maximum absolute atomic E-state index is 12.6. The molecule has 2 N–H and O–H groups in total. The van der Waals surface area contributed by atoms with Gasteiger partial charge >= 0.3 is 5.97 Å². The second-order valence-electron chi connectivity index (χ2n) is 10.5. The molecule has 1 aliphatic rings. The SMILES string of the molecule is CC[C@H](C)OC(=O)[C@@H](NCc1ccc2c(c1)nc(-c1cc(C)c(=O)n(C)c1)n2CC1CCOCC1)[C@@H](C)O. The van der Waals surface area contributed by atoms with Crippen LogP contribution in [0, 0.1) is 12.8 Å². The first-order chi connectivity index (χ1) is 18.2. The normalized spacial score (nSPS) is 16.9. The molecule has 9 nitrogen and oxygen atoms in total. The Balaban J connectivity index is 1.65. The highest BCUT2D eigenvalue weighted by Gasteiger charge is 2.26. The van der Waals surface area contributed by atoms with Gasteiger partial charge in [-0.1, -0.05) is 13.0 Å². The van der Waals surface area contributed by atoms with Gasteiger partial charge in [-0.3, -0.25) is 14.9 Å². The fourth-order valence-electron chi connectivity index (χ4n) is 4.91. The number of aryl methyl sites for hydroxylation is 2. The lowest BCUT2D eigenvalue weighted by atomic mass is 10.00. The Labute approximate surface area is 223 Å². The van der Waals surface area contributed by atoms with Gasteiger partial charge in [-0.25, -0.2) is 4.98 Å². The van der Waals surface area contributed by atoms with Gasteiger partial charge in [0.25, 0.3) is 5.56 Å². The summed E-state index contributed by atoms with van der Waals surface area (Å²) >= 11 is 0. The number of benzene rings is 1. The highest BCUT2D eigenvalue weighted by molar-refractivity contribution is 5.81. The summed E-state index contributed by atoms with van der Waals surface area (Å²) in [6.45, 7) is 9.93. The predicted octanol–water partition coefficient (Wildman–Crippen LogP) is 3.32. The number of aromatic nitrogens is 3. The van der Waals surface area contributed by atoms with Crippen molar-refractivity contribution in [2.24, 2.45) is 13.0 Å². The van der Waals surface area contributed by atoms with Crippen LogP contribution >= 0.6 is 0 Å². The number of hydrogen-bond acceptors (Lipinski definition) is 7. The Morgan fingerprint density at radius 2 is 2.00 bits per heavy atom. The van der Waals surface area contributed by atoms with Crippen molar-refractivity contribution in [3.63, 3.8) is 0 Å². The summed E-state index contributed by atoms with van der Waals surface area (Å²) in [5, 5.41) is 13.3. The van der Waals surface area contributed by atoms with E-state index in [0.29, 0.717) is 24.4 Å². The van der Waals surface area contributed by atoms with Crippen molar-refractivity contribution in [2.45, 2.75) is 78.3 Å². The van der Waals surface area contributed by atoms with Crippen LogP contribution in [0.25, 0.3) is 22.4 Å². The molecule has 0 unspecified atom stereocenters. The first kappa shape index (κ1) is 28.0. The molecule has 2 aromatic heterocycles. The molecular formula is C29H40N4O5. The highest BCUT2D eigenvalue weighted by Crippen LogP contribution is 2.29. The van der Waals surface area contributed by atoms with Crippen LogP contribution in [-0.2, 0) is 34.4 Å². The number of aliphatic hydroxyl groups excluding tert-OH is 1. The van der Waals surface area contributed by atoms with Crippen LogP contribution in [0.15, 0.2) is 35.3 Å². The van der Waals surface area contributed by atoms with E-state index in [2.05, 4.69) is 16.0 Å². The van der Waals surface area contributed by atoms with Crippen molar-refractivity contribution in [2.75, 3.05) is 13.2 Å². The van der Waals surface area contributed by atoms with Gasteiger partial charge in [0.2, 0.25) is 0 Å². The van der Waals surface area contributed by atoms with Gasteiger partial charge < -0.3 is 23.7 Å². The van der Waals surface area contributed by atoms with Crippen LogP contribution < -0.4 is 10.9 Å². The molecule has 1 aromatic carbocycles. The molecule has 0 amide bonds. The monoisotopic (exact) mass is 524 g/mol. The van der Waals surface area contributed by atoms with E-state index in [4.69, 9.17) is 14.5 Å². The van der Waals surface area contributed by atoms with Gasteiger partial charge in [0.15, 0.2) is 0 Å². The number of aliphatic hydroxyl groups is 1. The number of carbonyl (C=O) groups is 1. The van der Waals surface area contributed by atoms with E-state index in [-0.39, 0.29) is 11.7 Å². The van der Waals surface area contributed by atoms with E-state index in [1.165, 1.54) is 0 Å². The second kappa shape index (κ2) is 12.2. The topological polar surface area (TPSA) is 108 Å². The molecule has 1 saturated heterocycles. The summed E-state index contributed by atoms with van der Waals surface area (Å²) in [4.78, 5) is 29.9. The van der Waals surface area contributed by atoms with E-state index in [1.807, 2.05) is 45.2 Å². The van der Waals surface area contributed by atoms with Gasteiger partial charge in [0.1, 0.15) is 11.9 Å².